The largest absolute Gasteiger partial charge is 0.228 e. The lowest BCUT2D eigenvalue weighted by Crippen LogP contribution is -2.37. The second kappa shape index (κ2) is 5.80. The Labute approximate surface area is 106 Å². The van der Waals surface area contributed by atoms with Crippen LogP contribution in [0.4, 0.5) is 4.39 Å². The first-order valence-electron chi connectivity index (χ1n) is 5.17. The van der Waals surface area contributed by atoms with E-state index in [0.717, 1.165) is 0 Å². The van der Waals surface area contributed by atoms with E-state index >= 15 is 0 Å². The molecule has 6 heteroatoms. The molecule has 3 nitrogen and oxygen atoms in total. The van der Waals surface area contributed by atoms with E-state index in [1.165, 1.54) is 10.4 Å². The van der Waals surface area contributed by atoms with Crippen molar-refractivity contribution in [2.24, 2.45) is 0 Å². The minimum Gasteiger partial charge on any atom is -0.211 e. The van der Waals surface area contributed by atoms with Crippen LogP contribution in [0.15, 0.2) is 24.3 Å². The molecular formula is C11H15ClFNO2S. The number of rotatable bonds is 5. The van der Waals surface area contributed by atoms with Crippen LogP contribution in [0.1, 0.15) is 19.4 Å². The molecule has 0 atom stereocenters. The fourth-order valence-electron chi connectivity index (χ4n) is 1.46. The van der Waals surface area contributed by atoms with Gasteiger partial charge in [-0.15, -0.1) is 11.6 Å². The van der Waals surface area contributed by atoms with Gasteiger partial charge in [0.2, 0.25) is 10.0 Å². The maximum atomic E-state index is 13.5. The molecule has 0 aliphatic heterocycles. The lowest BCUT2D eigenvalue weighted by Gasteiger charge is -2.25. The maximum absolute atomic E-state index is 13.5. The molecule has 96 valence electrons. The van der Waals surface area contributed by atoms with Crippen LogP contribution < -0.4 is 0 Å². The number of hydrogen-bond donors (Lipinski definition) is 0. The molecule has 0 saturated heterocycles. The lowest BCUT2D eigenvalue weighted by molar-refractivity contribution is 0.345. The van der Waals surface area contributed by atoms with Gasteiger partial charge >= 0.3 is 0 Å². The Hall–Kier alpha value is -0.650. The third-order valence-electron chi connectivity index (χ3n) is 2.36. The molecule has 0 aliphatic rings. The van der Waals surface area contributed by atoms with Crippen LogP contribution in [0, 0.1) is 5.82 Å². The number of benzene rings is 1. The van der Waals surface area contributed by atoms with E-state index in [-0.39, 0.29) is 12.6 Å². The molecular weight excluding hydrogens is 265 g/mol. The van der Waals surface area contributed by atoms with Gasteiger partial charge < -0.3 is 0 Å². The predicted octanol–water partition coefficient (Wildman–Crippen LogP) is 2.56. The van der Waals surface area contributed by atoms with E-state index in [9.17, 15) is 12.8 Å². The molecule has 0 fully saturated rings. The molecule has 0 bridgehead atoms. The van der Waals surface area contributed by atoms with Gasteiger partial charge in [-0.05, 0) is 19.9 Å². The summed E-state index contributed by atoms with van der Waals surface area (Å²) in [5, 5.41) is -0.500. The van der Waals surface area contributed by atoms with Crippen LogP contribution in [-0.2, 0) is 16.6 Å². The fourth-order valence-corrected chi connectivity index (χ4v) is 2.94. The summed E-state index contributed by atoms with van der Waals surface area (Å²) in [6.45, 7) is 3.45. The van der Waals surface area contributed by atoms with Crippen LogP contribution in [0.2, 0.25) is 0 Å². The number of alkyl halides is 1. The number of sulfonamides is 1. The molecule has 1 rings (SSSR count). The summed E-state index contributed by atoms with van der Waals surface area (Å²) in [4.78, 5) is 0. The third-order valence-corrected chi connectivity index (χ3v) is 4.72. The molecule has 0 spiro atoms. The van der Waals surface area contributed by atoms with Crippen molar-refractivity contribution in [3.8, 4) is 0 Å². The first-order chi connectivity index (χ1) is 7.88. The SMILES string of the molecule is CC(C)N(Cc1ccccc1F)S(=O)(=O)CCl. The van der Waals surface area contributed by atoms with E-state index < -0.39 is 21.1 Å². The van der Waals surface area contributed by atoms with E-state index in [2.05, 4.69) is 0 Å². The van der Waals surface area contributed by atoms with Gasteiger partial charge in [0, 0.05) is 18.2 Å². The molecule has 0 aliphatic carbocycles. The summed E-state index contributed by atoms with van der Waals surface area (Å²) in [6, 6.07) is 5.84. The van der Waals surface area contributed by atoms with Crippen molar-refractivity contribution in [3.05, 3.63) is 35.6 Å². The van der Waals surface area contributed by atoms with Crippen molar-refractivity contribution in [2.45, 2.75) is 26.4 Å². The molecule has 1 aromatic carbocycles. The number of hydrogen-bond acceptors (Lipinski definition) is 2. The highest BCUT2D eigenvalue weighted by atomic mass is 35.5. The Bertz CT molecular complexity index is 476. The molecule has 0 unspecified atom stereocenters. The highest BCUT2D eigenvalue weighted by molar-refractivity contribution is 7.90. The standard InChI is InChI=1S/C11H15ClFNO2S/c1-9(2)14(17(15,16)8-12)7-10-5-3-4-6-11(10)13/h3-6,9H,7-8H2,1-2H3. The summed E-state index contributed by atoms with van der Waals surface area (Å²) in [7, 11) is -3.54. The summed E-state index contributed by atoms with van der Waals surface area (Å²) in [5.41, 5.74) is 0.342. The van der Waals surface area contributed by atoms with Gasteiger partial charge in [0.15, 0.2) is 0 Å². The Morgan fingerprint density at radius 2 is 1.94 bits per heavy atom. The topological polar surface area (TPSA) is 37.4 Å². The maximum Gasteiger partial charge on any atom is 0.228 e. The number of halogens is 2. The Kier molecular flexibility index (Phi) is 4.91. The minimum atomic E-state index is -3.54. The minimum absolute atomic E-state index is 0.000602. The van der Waals surface area contributed by atoms with Crippen molar-refractivity contribution in [2.75, 3.05) is 5.21 Å². The highest BCUT2D eigenvalue weighted by Crippen LogP contribution is 2.16. The third kappa shape index (κ3) is 3.66. The van der Waals surface area contributed by atoms with Gasteiger partial charge in [-0.1, -0.05) is 18.2 Å². The quantitative estimate of drug-likeness (QED) is 0.777. The Morgan fingerprint density at radius 3 is 2.41 bits per heavy atom. The Balaban J connectivity index is 3.01. The van der Waals surface area contributed by atoms with Gasteiger partial charge in [-0.3, -0.25) is 0 Å². The van der Waals surface area contributed by atoms with Crippen molar-refractivity contribution in [1.29, 1.82) is 0 Å². The summed E-state index contributed by atoms with van der Waals surface area (Å²) >= 11 is 5.41. The fraction of sp³-hybridized carbons (Fsp3) is 0.455. The monoisotopic (exact) mass is 279 g/mol. The second-order valence-electron chi connectivity index (χ2n) is 3.95. The van der Waals surface area contributed by atoms with Crippen molar-refractivity contribution in [3.63, 3.8) is 0 Å². The molecule has 0 N–H and O–H groups in total. The van der Waals surface area contributed by atoms with Crippen LogP contribution in [0.3, 0.4) is 0 Å². The zero-order chi connectivity index (χ0) is 13.1. The van der Waals surface area contributed by atoms with Crippen molar-refractivity contribution < 1.29 is 12.8 Å². The van der Waals surface area contributed by atoms with Crippen LogP contribution in [0.25, 0.3) is 0 Å². The molecule has 17 heavy (non-hydrogen) atoms. The lowest BCUT2D eigenvalue weighted by atomic mass is 10.2. The van der Waals surface area contributed by atoms with Crippen LogP contribution in [-0.4, -0.2) is 24.0 Å². The smallest absolute Gasteiger partial charge is 0.211 e. The molecule has 0 heterocycles. The van der Waals surface area contributed by atoms with Gasteiger partial charge in [0.05, 0.1) is 0 Å². The molecule has 0 radical (unpaired) electrons. The summed E-state index contributed by atoms with van der Waals surface area (Å²) in [5.74, 6) is -0.414. The van der Waals surface area contributed by atoms with E-state index in [0.29, 0.717) is 5.56 Å². The first kappa shape index (κ1) is 14.4. The van der Waals surface area contributed by atoms with E-state index in [4.69, 9.17) is 11.6 Å². The summed E-state index contributed by atoms with van der Waals surface area (Å²) < 4.78 is 38.1. The first-order valence-corrected chi connectivity index (χ1v) is 7.31. The van der Waals surface area contributed by atoms with Gasteiger partial charge in [0.25, 0.3) is 0 Å². The molecule has 0 aromatic heterocycles. The zero-order valence-corrected chi connectivity index (χ0v) is 11.3. The summed E-state index contributed by atoms with van der Waals surface area (Å²) in [6.07, 6.45) is 0. The van der Waals surface area contributed by atoms with Gasteiger partial charge in [0.1, 0.15) is 11.0 Å². The average Bonchev–Trinajstić information content (AvgIpc) is 2.27. The molecule has 1 aromatic rings. The van der Waals surface area contributed by atoms with Crippen LogP contribution >= 0.6 is 11.6 Å². The molecule has 0 saturated carbocycles. The van der Waals surface area contributed by atoms with Gasteiger partial charge in [-0.25, -0.2) is 12.8 Å². The van der Waals surface area contributed by atoms with E-state index in [1.54, 1.807) is 32.0 Å². The number of nitrogens with zero attached hydrogens (tertiary/aromatic N) is 1. The van der Waals surface area contributed by atoms with Crippen LogP contribution in [0.5, 0.6) is 0 Å². The van der Waals surface area contributed by atoms with E-state index in [1.807, 2.05) is 0 Å². The van der Waals surface area contributed by atoms with Crippen molar-refractivity contribution in [1.82, 2.24) is 4.31 Å². The van der Waals surface area contributed by atoms with Crippen molar-refractivity contribution >= 4 is 21.6 Å². The zero-order valence-electron chi connectivity index (χ0n) is 9.73. The van der Waals surface area contributed by atoms with Gasteiger partial charge in [-0.2, -0.15) is 4.31 Å². The second-order valence-corrected chi connectivity index (χ2v) is 6.46. The average molecular weight is 280 g/mol. The normalized spacial score (nSPS) is 12.4. The highest BCUT2D eigenvalue weighted by Gasteiger charge is 2.24. The molecule has 0 amide bonds. The predicted molar refractivity (Wildman–Crippen MR) is 66.7 cm³/mol. The Morgan fingerprint density at radius 1 is 1.35 bits per heavy atom.